The van der Waals surface area contributed by atoms with Crippen molar-refractivity contribution < 1.29 is 0 Å². The molecular formula is C78H84BN3. The number of nitrogens with zero attached hydrogens (tertiary/aromatic N) is 3. The molecule has 2 unspecified atom stereocenters. The summed E-state index contributed by atoms with van der Waals surface area (Å²) in [5.74, 6) is 0. The van der Waals surface area contributed by atoms with Crippen molar-refractivity contribution in [2.45, 2.75) is 193 Å². The average molecular weight is 1070 g/mol. The molecule has 0 bridgehead atoms. The lowest BCUT2D eigenvalue weighted by atomic mass is 9.33. The van der Waals surface area contributed by atoms with Gasteiger partial charge in [-0.25, -0.2) is 0 Å². The van der Waals surface area contributed by atoms with Crippen LogP contribution >= 0.6 is 0 Å². The monoisotopic (exact) mass is 1070 g/mol. The van der Waals surface area contributed by atoms with Crippen molar-refractivity contribution >= 4 is 68.6 Å². The van der Waals surface area contributed by atoms with E-state index in [0.717, 1.165) is 12.8 Å². The lowest BCUT2D eigenvalue weighted by Gasteiger charge is -2.51. The first kappa shape index (κ1) is 52.1. The zero-order chi connectivity index (χ0) is 57.5. The highest BCUT2D eigenvalue weighted by Crippen LogP contribution is 2.63. The lowest BCUT2D eigenvalue weighted by molar-refractivity contribution is 0.195. The molecule has 8 aromatic carbocycles. The van der Waals surface area contributed by atoms with Crippen LogP contribution in [0, 0.1) is 13.8 Å². The Labute approximate surface area is 491 Å². The van der Waals surface area contributed by atoms with Gasteiger partial charge in [-0.15, -0.1) is 0 Å². The summed E-state index contributed by atoms with van der Waals surface area (Å²) in [6.07, 6.45) is 5.96. The molecule has 3 nitrogen and oxygen atoms in total. The number of anilines is 8. The van der Waals surface area contributed by atoms with Crippen molar-refractivity contribution in [3.05, 3.63) is 206 Å². The van der Waals surface area contributed by atoms with Crippen LogP contribution in [0.2, 0.25) is 0 Å². The molecule has 0 saturated heterocycles. The molecule has 3 aliphatic heterocycles. The predicted octanol–water partition coefficient (Wildman–Crippen LogP) is 18.7. The van der Waals surface area contributed by atoms with Crippen LogP contribution in [-0.4, -0.2) is 12.3 Å². The summed E-state index contributed by atoms with van der Waals surface area (Å²) >= 11 is 0. The number of aryl methyl sites for hydroxylation is 2. The molecule has 1 fully saturated rings. The van der Waals surface area contributed by atoms with Gasteiger partial charge >= 0.3 is 0 Å². The molecule has 8 aromatic rings. The number of hydrogen-bond acceptors (Lipinski definition) is 3. The second-order valence-corrected chi connectivity index (χ2v) is 31.0. The molecule has 0 aromatic heterocycles. The van der Waals surface area contributed by atoms with Gasteiger partial charge in [0.05, 0.1) is 5.54 Å². The van der Waals surface area contributed by atoms with Crippen LogP contribution in [0.25, 0.3) is 11.1 Å². The van der Waals surface area contributed by atoms with E-state index in [2.05, 4.69) is 272 Å². The summed E-state index contributed by atoms with van der Waals surface area (Å²) in [6.45, 7) is 41.7. The van der Waals surface area contributed by atoms with Crippen LogP contribution in [-0.2, 0) is 37.9 Å². The molecule has 82 heavy (non-hydrogen) atoms. The van der Waals surface area contributed by atoms with E-state index >= 15 is 0 Å². The van der Waals surface area contributed by atoms with Gasteiger partial charge in [0, 0.05) is 67.2 Å². The minimum atomic E-state index is -0.220. The van der Waals surface area contributed by atoms with Crippen LogP contribution in [0.3, 0.4) is 0 Å². The average Bonchev–Trinajstić information content (AvgIpc) is 1.48. The van der Waals surface area contributed by atoms with Crippen LogP contribution in [0.1, 0.15) is 203 Å². The Morgan fingerprint density at radius 1 is 0.415 bits per heavy atom. The van der Waals surface area contributed by atoms with E-state index in [1.54, 1.807) is 0 Å². The highest BCUT2D eigenvalue weighted by atomic mass is 15.3. The van der Waals surface area contributed by atoms with Gasteiger partial charge in [0.25, 0.3) is 6.71 Å². The van der Waals surface area contributed by atoms with Crippen LogP contribution in [0.4, 0.5) is 45.5 Å². The van der Waals surface area contributed by atoms with E-state index in [0.29, 0.717) is 0 Å². The molecule has 0 radical (unpaired) electrons. The Kier molecular flexibility index (Phi) is 10.4. The second kappa shape index (κ2) is 16.3. The largest absolute Gasteiger partial charge is 0.334 e. The van der Waals surface area contributed by atoms with Crippen LogP contribution in [0.15, 0.2) is 140 Å². The molecule has 1 saturated carbocycles. The number of rotatable bonds is 3. The molecule has 0 spiro atoms. The quantitative estimate of drug-likeness (QED) is 0.163. The molecule has 7 aliphatic rings. The van der Waals surface area contributed by atoms with Crippen LogP contribution in [0.5, 0.6) is 0 Å². The fourth-order valence-electron chi connectivity index (χ4n) is 18.5. The van der Waals surface area contributed by atoms with Crippen molar-refractivity contribution in [3.8, 4) is 11.1 Å². The molecule has 4 aliphatic carbocycles. The first-order valence-corrected chi connectivity index (χ1v) is 31.1. The van der Waals surface area contributed by atoms with E-state index in [4.69, 9.17) is 0 Å². The fourth-order valence-corrected chi connectivity index (χ4v) is 18.5. The number of fused-ring (bicyclic) bond motifs is 13. The summed E-state index contributed by atoms with van der Waals surface area (Å²) < 4.78 is 0. The zero-order valence-electron chi connectivity index (χ0n) is 52.2. The number of hydrogen-bond donors (Lipinski definition) is 0. The van der Waals surface area contributed by atoms with Crippen molar-refractivity contribution in [1.29, 1.82) is 0 Å². The third-order valence-electron chi connectivity index (χ3n) is 22.9. The maximum Gasteiger partial charge on any atom is 0.252 e. The molecule has 15 rings (SSSR count). The summed E-state index contributed by atoms with van der Waals surface area (Å²) in [7, 11) is 0. The maximum atomic E-state index is 2.83. The predicted molar refractivity (Wildman–Crippen MR) is 350 cm³/mol. The summed E-state index contributed by atoms with van der Waals surface area (Å²) in [5.41, 5.74) is 33.7. The smallest absolute Gasteiger partial charge is 0.252 e. The minimum absolute atomic E-state index is 0.00208. The van der Waals surface area contributed by atoms with Gasteiger partial charge in [0.15, 0.2) is 0 Å². The normalized spacial score (nSPS) is 22.7. The van der Waals surface area contributed by atoms with E-state index < -0.39 is 0 Å². The SMILES string of the molecule is Cc1cc2c3c(c1)N(c1cc4c(cc1C)C(C)(C)c1ccccc1C4(C)C)c1cc(N4c5ccc(C(C)(C)C)cc5C5(C)CCCCC45C)ccc1B3c1cc3c(cc1N2c1ccc2c(c1)C(C)(C)c1ccccc1-2)C(C)(C)CC3(C)C. The van der Waals surface area contributed by atoms with Crippen molar-refractivity contribution in [1.82, 2.24) is 0 Å². The molecule has 0 amide bonds. The first-order valence-electron chi connectivity index (χ1n) is 31.1. The van der Waals surface area contributed by atoms with Gasteiger partial charge in [-0.1, -0.05) is 195 Å². The Bertz CT molecular complexity index is 4140. The third-order valence-corrected chi connectivity index (χ3v) is 22.9. The molecule has 0 N–H and O–H groups in total. The topological polar surface area (TPSA) is 9.72 Å². The molecule has 4 heteroatoms. The van der Waals surface area contributed by atoms with Crippen LogP contribution < -0.4 is 31.1 Å². The first-order chi connectivity index (χ1) is 38.6. The standard InChI is InChI=1S/C78H84BN3/c1-46-36-68-70-69(37-46)81(65-44-60-59(38-47(65)2)75(12,13)54-26-20-21-27-55(54)76(60,14)15)66-41-50(82-64-33-28-48(71(3,4)5)39-61(64)77(16)34-22-23-35-78(77,82)17)30-32-62(66)79(70)63-42-57-58(73(8,9)45-72(57,6)7)43-67(63)80(68)49-29-31-52-51-24-18-19-25-53(51)74(10,11)56(52)40-49/h18-21,24-33,36-44H,22-23,34-35,45H2,1-17H3. The van der Waals surface area contributed by atoms with Crippen molar-refractivity contribution in [2.75, 3.05) is 14.7 Å². The second-order valence-electron chi connectivity index (χ2n) is 31.0. The van der Waals surface area contributed by atoms with Crippen molar-refractivity contribution in [3.63, 3.8) is 0 Å². The molecule has 414 valence electrons. The van der Waals surface area contributed by atoms with E-state index in [-0.39, 0.29) is 50.2 Å². The Hall–Kier alpha value is -6.78. The summed E-state index contributed by atoms with van der Waals surface area (Å²) in [5, 5.41) is 0. The zero-order valence-corrected chi connectivity index (χ0v) is 52.2. The lowest BCUT2D eigenvalue weighted by Crippen LogP contribution is -2.61. The molecule has 2 atom stereocenters. The highest BCUT2D eigenvalue weighted by molar-refractivity contribution is 7.00. The van der Waals surface area contributed by atoms with Gasteiger partial charge in [-0.3, -0.25) is 0 Å². The van der Waals surface area contributed by atoms with E-state index in [9.17, 15) is 0 Å². The Morgan fingerprint density at radius 2 is 0.988 bits per heavy atom. The van der Waals surface area contributed by atoms with Gasteiger partial charge in [0.1, 0.15) is 0 Å². The van der Waals surface area contributed by atoms with Gasteiger partial charge in [-0.2, -0.15) is 0 Å². The van der Waals surface area contributed by atoms with Gasteiger partial charge in [-0.05, 0) is 205 Å². The third kappa shape index (κ3) is 6.62. The van der Waals surface area contributed by atoms with Gasteiger partial charge in [0.2, 0.25) is 0 Å². The Balaban J connectivity index is 1.03. The highest BCUT2D eigenvalue weighted by Gasteiger charge is 2.58. The molecule has 3 heterocycles. The van der Waals surface area contributed by atoms with Crippen molar-refractivity contribution in [2.24, 2.45) is 0 Å². The Morgan fingerprint density at radius 3 is 1.68 bits per heavy atom. The number of benzene rings is 8. The fraction of sp³-hybridized carbons (Fsp3) is 0.385. The van der Waals surface area contributed by atoms with Gasteiger partial charge < -0.3 is 14.7 Å². The summed E-state index contributed by atoms with van der Waals surface area (Å²) in [6, 6.07) is 56.8. The maximum absolute atomic E-state index is 2.83. The minimum Gasteiger partial charge on any atom is -0.334 e. The molecular weight excluding hydrogens is 990 g/mol. The van der Waals surface area contributed by atoms with E-state index in [1.165, 1.54) is 159 Å². The van der Waals surface area contributed by atoms with E-state index in [1.807, 2.05) is 0 Å². The summed E-state index contributed by atoms with van der Waals surface area (Å²) in [4.78, 5) is 8.29.